The predicted octanol–water partition coefficient (Wildman–Crippen LogP) is 9.69. The van der Waals surface area contributed by atoms with Gasteiger partial charge in [0.1, 0.15) is 0 Å². The Labute approximate surface area is 231 Å². The molecule has 2 aromatic heterocycles. The van der Waals surface area contributed by atoms with Gasteiger partial charge >= 0.3 is 0 Å². The van der Waals surface area contributed by atoms with Crippen LogP contribution in [0.25, 0.3) is 43.8 Å². The van der Waals surface area contributed by atoms with Crippen LogP contribution >= 0.6 is 0 Å². The van der Waals surface area contributed by atoms with E-state index < -0.39 is 0 Å². The predicted molar refractivity (Wildman–Crippen MR) is 163 cm³/mol. The monoisotopic (exact) mass is 513 g/mol. The fraction of sp³-hybridized carbons (Fsp3) is 0. The summed E-state index contributed by atoms with van der Waals surface area (Å²) >= 11 is 0. The molecule has 0 radical (unpaired) electrons. The zero-order valence-corrected chi connectivity index (χ0v) is 21.5. The van der Waals surface area contributed by atoms with Gasteiger partial charge in [-0.3, -0.25) is 9.97 Å². The summed E-state index contributed by atoms with van der Waals surface area (Å²) in [7, 11) is 0. The van der Waals surface area contributed by atoms with Crippen LogP contribution in [0.4, 0.5) is 17.1 Å². The highest BCUT2D eigenvalue weighted by atomic mass is 16.5. The Hall–Kier alpha value is -5.48. The minimum atomic E-state index is 0.826. The molecule has 0 spiro atoms. The van der Waals surface area contributed by atoms with Gasteiger partial charge in [0, 0.05) is 46.7 Å². The Morgan fingerprint density at radius 2 is 0.900 bits per heavy atom. The SMILES string of the molecule is c1cc(-c2ccncc2)c(N2c3c(ccc4ccccc34)Oc3ccc4ccccc4c32)c(-c2ccncc2)c1. The maximum absolute atomic E-state index is 6.67. The number of anilines is 3. The Kier molecular flexibility index (Phi) is 5.10. The van der Waals surface area contributed by atoms with Gasteiger partial charge in [0.2, 0.25) is 0 Å². The van der Waals surface area contributed by atoms with Crippen LogP contribution in [-0.4, -0.2) is 9.97 Å². The summed E-state index contributed by atoms with van der Waals surface area (Å²) in [5, 5.41) is 4.57. The molecule has 0 aliphatic carbocycles. The van der Waals surface area contributed by atoms with Gasteiger partial charge in [0.25, 0.3) is 0 Å². The van der Waals surface area contributed by atoms with E-state index in [1.54, 1.807) is 0 Å². The second-order valence-electron chi connectivity index (χ2n) is 9.88. The molecule has 8 rings (SSSR count). The lowest BCUT2D eigenvalue weighted by atomic mass is 9.93. The molecular formula is C36H23N3O. The van der Waals surface area contributed by atoms with Crippen molar-refractivity contribution in [1.82, 2.24) is 9.97 Å². The summed E-state index contributed by atoms with van der Waals surface area (Å²) in [6.07, 6.45) is 7.41. The van der Waals surface area contributed by atoms with Gasteiger partial charge in [-0.1, -0.05) is 78.9 Å². The number of ether oxygens (including phenoxy) is 1. The van der Waals surface area contributed by atoms with Crippen LogP contribution in [0.5, 0.6) is 11.5 Å². The van der Waals surface area contributed by atoms with Gasteiger partial charge in [0.15, 0.2) is 11.5 Å². The number of hydrogen-bond donors (Lipinski definition) is 0. The van der Waals surface area contributed by atoms with Crippen LogP contribution in [0.1, 0.15) is 0 Å². The number of rotatable bonds is 3. The van der Waals surface area contributed by atoms with Crippen LogP contribution < -0.4 is 9.64 Å². The molecule has 0 bridgehead atoms. The lowest BCUT2D eigenvalue weighted by Crippen LogP contribution is -2.18. The highest BCUT2D eigenvalue weighted by Crippen LogP contribution is 2.58. The lowest BCUT2D eigenvalue weighted by Gasteiger charge is -2.37. The molecule has 40 heavy (non-hydrogen) atoms. The Balaban J connectivity index is 1.57. The van der Waals surface area contributed by atoms with E-state index in [4.69, 9.17) is 4.74 Å². The van der Waals surface area contributed by atoms with Crippen molar-refractivity contribution in [1.29, 1.82) is 0 Å². The summed E-state index contributed by atoms with van der Waals surface area (Å²) in [4.78, 5) is 11.0. The number of para-hydroxylation sites is 1. The fourth-order valence-corrected chi connectivity index (χ4v) is 5.86. The van der Waals surface area contributed by atoms with Crippen molar-refractivity contribution in [3.8, 4) is 33.8 Å². The number of fused-ring (bicyclic) bond motifs is 6. The van der Waals surface area contributed by atoms with Crippen molar-refractivity contribution >= 4 is 38.6 Å². The van der Waals surface area contributed by atoms with E-state index in [-0.39, 0.29) is 0 Å². The first kappa shape index (κ1) is 22.5. The third-order valence-electron chi connectivity index (χ3n) is 7.64. The zero-order valence-electron chi connectivity index (χ0n) is 21.5. The molecule has 0 fully saturated rings. The van der Waals surface area contributed by atoms with Crippen LogP contribution in [0.3, 0.4) is 0 Å². The first-order valence-electron chi connectivity index (χ1n) is 13.3. The molecule has 0 saturated heterocycles. The molecule has 4 nitrogen and oxygen atoms in total. The smallest absolute Gasteiger partial charge is 0.152 e. The minimum absolute atomic E-state index is 0.826. The average molecular weight is 514 g/mol. The zero-order chi connectivity index (χ0) is 26.5. The van der Waals surface area contributed by atoms with E-state index in [1.165, 1.54) is 0 Å². The van der Waals surface area contributed by atoms with Crippen LogP contribution in [0.15, 0.2) is 140 Å². The molecule has 1 aliphatic rings. The first-order chi connectivity index (χ1) is 19.9. The summed E-state index contributed by atoms with van der Waals surface area (Å²) in [5.74, 6) is 1.65. The van der Waals surface area contributed by atoms with Gasteiger partial charge in [-0.25, -0.2) is 0 Å². The maximum atomic E-state index is 6.67. The van der Waals surface area contributed by atoms with Gasteiger partial charge in [-0.2, -0.15) is 0 Å². The normalized spacial score (nSPS) is 12.2. The second-order valence-corrected chi connectivity index (χ2v) is 9.88. The fourth-order valence-electron chi connectivity index (χ4n) is 5.86. The minimum Gasteiger partial charge on any atom is -0.453 e. The van der Waals surface area contributed by atoms with Crippen LogP contribution in [0, 0.1) is 0 Å². The number of hydrogen-bond acceptors (Lipinski definition) is 4. The summed E-state index contributed by atoms with van der Waals surface area (Å²) in [6, 6.07) is 40.3. The number of nitrogens with zero attached hydrogens (tertiary/aromatic N) is 3. The largest absolute Gasteiger partial charge is 0.453 e. The molecule has 0 unspecified atom stereocenters. The quantitative estimate of drug-likeness (QED) is 0.236. The highest BCUT2D eigenvalue weighted by molar-refractivity contribution is 6.13. The Morgan fingerprint density at radius 3 is 1.40 bits per heavy atom. The lowest BCUT2D eigenvalue weighted by molar-refractivity contribution is 0.479. The molecule has 0 amide bonds. The standard InChI is InChI=1S/C36H23N3O/c1-3-8-30-24(6-1)12-14-32-35(30)39(36-31-9-4-2-7-25(31)13-15-33(36)40-32)34-28(26-16-20-37-21-17-26)10-5-11-29(34)27-18-22-38-23-19-27/h1-23H. The number of aromatic nitrogens is 2. The van der Waals surface area contributed by atoms with E-state index >= 15 is 0 Å². The van der Waals surface area contributed by atoms with Gasteiger partial charge < -0.3 is 9.64 Å². The van der Waals surface area contributed by atoms with E-state index in [2.05, 4.69) is 130 Å². The topological polar surface area (TPSA) is 38.2 Å². The van der Waals surface area contributed by atoms with Crippen molar-refractivity contribution in [3.05, 3.63) is 140 Å². The molecule has 0 N–H and O–H groups in total. The third-order valence-corrected chi connectivity index (χ3v) is 7.64. The highest BCUT2D eigenvalue weighted by Gasteiger charge is 2.32. The number of benzene rings is 5. The van der Waals surface area contributed by atoms with Crippen molar-refractivity contribution < 1.29 is 4.74 Å². The third kappa shape index (κ3) is 3.47. The molecule has 3 heterocycles. The molecule has 4 heteroatoms. The molecule has 7 aromatic rings. The van der Waals surface area contributed by atoms with Crippen LogP contribution in [-0.2, 0) is 0 Å². The van der Waals surface area contributed by atoms with E-state index in [0.717, 1.165) is 72.4 Å². The van der Waals surface area contributed by atoms with Crippen LogP contribution in [0.2, 0.25) is 0 Å². The molecule has 0 saturated carbocycles. The van der Waals surface area contributed by atoms with E-state index in [9.17, 15) is 0 Å². The molecular weight excluding hydrogens is 490 g/mol. The van der Waals surface area contributed by atoms with Crippen molar-refractivity contribution in [2.75, 3.05) is 4.90 Å². The van der Waals surface area contributed by atoms with Gasteiger partial charge in [-0.15, -0.1) is 0 Å². The second kappa shape index (κ2) is 9.07. The van der Waals surface area contributed by atoms with Crippen molar-refractivity contribution in [2.24, 2.45) is 0 Å². The summed E-state index contributed by atoms with van der Waals surface area (Å²) in [5.41, 5.74) is 7.54. The Bertz CT molecular complexity index is 1890. The molecule has 1 aliphatic heterocycles. The maximum Gasteiger partial charge on any atom is 0.152 e. The number of pyridine rings is 2. The first-order valence-corrected chi connectivity index (χ1v) is 13.3. The molecule has 5 aromatic carbocycles. The average Bonchev–Trinajstić information content (AvgIpc) is 3.04. The molecule has 188 valence electrons. The molecule has 0 atom stereocenters. The van der Waals surface area contributed by atoms with Gasteiger partial charge in [-0.05, 0) is 58.3 Å². The van der Waals surface area contributed by atoms with Gasteiger partial charge in [0.05, 0.1) is 17.1 Å². The summed E-state index contributed by atoms with van der Waals surface area (Å²) < 4.78 is 6.67. The Morgan fingerprint density at radius 1 is 0.425 bits per heavy atom. The van der Waals surface area contributed by atoms with Crippen molar-refractivity contribution in [3.63, 3.8) is 0 Å². The summed E-state index contributed by atoms with van der Waals surface area (Å²) in [6.45, 7) is 0. The van der Waals surface area contributed by atoms with E-state index in [1.807, 2.05) is 24.8 Å². The van der Waals surface area contributed by atoms with E-state index in [0.29, 0.717) is 0 Å². The van der Waals surface area contributed by atoms with Crippen molar-refractivity contribution in [2.45, 2.75) is 0 Å².